The molecule has 1 heterocycles. The van der Waals surface area contributed by atoms with Gasteiger partial charge < -0.3 is 9.64 Å². The first-order chi connectivity index (χ1) is 13.1. The van der Waals surface area contributed by atoms with E-state index in [-0.39, 0.29) is 5.91 Å². The summed E-state index contributed by atoms with van der Waals surface area (Å²) in [6, 6.07) is 15.7. The molecule has 5 nitrogen and oxygen atoms in total. The molecule has 0 N–H and O–H groups in total. The predicted molar refractivity (Wildman–Crippen MR) is 112 cm³/mol. The summed E-state index contributed by atoms with van der Waals surface area (Å²) in [6.45, 7) is 3.99. The number of anilines is 1. The minimum absolute atomic E-state index is 0.0556. The molecule has 0 saturated carbocycles. The monoisotopic (exact) mass is 383 g/mol. The molecule has 142 valence electrons. The van der Waals surface area contributed by atoms with Gasteiger partial charge in [-0.05, 0) is 50.8 Å². The first-order valence-electron chi connectivity index (χ1n) is 9.09. The zero-order valence-corrected chi connectivity index (χ0v) is 16.8. The van der Waals surface area contributed by atoms with Crippen LogP contribution in [0.2, 0.25) is 0 Å². The van der Waals surface area contributed by atoms with Crippen LogP contribution in [0.15, 0.2) is 48.5 Å². The highest BCUT2D eigenvalue weighted by Crippen LogP contribution is 2.29. The molecule has 6 heteroatoms. The standard InChI is InChI=1S/C21H25N3O2S/c1-4-26-17-11-9-16(10-12-17)15-20(25)24(14-13-23(2)3)21-22-18-7-5-6-8-19(18)27-21/h5-12H,4,13-15H2,1-3H3. The fourth-order valence-corrected chi connectivity index (χ4v) is 3.75. The van der Waals surface area contributed by atoms with Gasteiger partial charge >= 0.3 is 0 Å². The Hall–Kier alpha value is -2.44. The van der Waals surface area contributed by atoms with Crippen molar-refractivity contribution in [1.82, 2.24) is 9.88 Å². The van der Waals surface area contributed by atoms with Gasteiger partial charge in [0.15, 0.2) is 5.13 Å². The topological polar surface area (TPSA) is 45.7 Å². The molecule has 0 fully saturated rings. The highest BCUT2D eigenvalue weighted by Gasteiger charge is 2.20. The number of aromatic nitrogens is 1. The molecule has 0 aliphatic carbocycles. The van der Waals surface area contributed by atoms with Crippen LogP contribution in [0.3, 0.4) is 0 Å². The Labute approximate surface area is 164 Å². The molecule has 3 aromatic rings. The Balaban J connectivity index is 1.79. The fraction of sp³-hybridized carbons (Fsp3) is 0.333. The highest BCUT2D eigenvalue weighted by molar-refractivity contribution is 7.22. The third kappa shape index (κ3) is 5.05. The van der Waals surface area contributed by atoms with Crippen LogP contribution in [0.5, 0.6) is 5.75 Å². The molecular formula is C21H25N3O2S. The molecule has 1 aromatic heterocycles. The van der Waals surface area contributed by atoms with Crippen LogP contribution in [0, 0.1) is 0 Å². The minimum atomic E-state index is 0.0556. The Bertz CT molecular complexity index is 857. The van der Waals surface area contributed by atoms with E-state index in [1.807, 2.05) is 69.6 Å². The number of fused-ring (bicyclic) bond motifs is 1. The summed E-state index contributed by atoms with van der Waals surface area (Å²) in [4.78, 5) is 21.6. The van der Waals surface area contributed by atoms with Gasteiger partial charge in [-0.15, -0.1) is 0 Å². The van der Waals surface area contributed by atoms with Crippen molar-refractivity contribution in [2.24, 2.45) is 0 Å². The number of para-hydroxylation sites is 1. The molecule has 0 bridgehead atoms. The van der Waals surface area contributed by atoms with Crippen molar-refractivity contribution < 1.29 is 9.53 Å². The lowest BCUT2D eigenvalue weighted by atomic mass is 10.1. The number of ether oxygens (including phenoxy) is 1. The molecule has 0 spiro atoms. The largest absolute Gasteiger partial charge is 0.494 e. The number of benzene rings is 2. The van der Waals surface area contributed by atoms with E-state index in [0.717, 1.165) is 33.2 Å². The Morgan fingerprint density at radius 1 is 1.07 bits per heavy atom. The van der Waals surface area contributed by atoms with Crippen LogP contribution in [0.25, 0.3) is 10.2 Å². The van der Waals surface area contributed by atoms with Crippen LogP contribution < -0.4 is 9.64 Å². The van der Waals surface area contributed by atoms with Gasteiger partial charge in [-0.25, -0.2) is 4.98 Å². The number of hydrogen-bond acceptors (Lipinski definition) is 5. The summed E-state index contributed by atoms with van der Waals surface area (Å²) in [6.07, 6.45) is 0.343. The van der Waals surface area contributed by atoms with Crippen molar-refractivity contribution in [3.05, 3.63) is 54.1 Å². The summed E-state index contributed by atoms with van der Waals surface area (Å²) in [5.41, 5.74) is 1.90. The van der Waals surface area contributed by atoms with Crippen molar-refractivity contribution in [2.45, 2.75) is 13.3 Å². The minimum Gasteiger partial charge on any atom is -0.494 e. The summed E-state index contributed by atoms with van der Waals surface area (Å²) in [7, 11) is 4.01. The summed E-state index contributed by atoms with van der Waals surface area (Å²) < 4.78 is 6.57. The molecule has 0 aliphatic heterocycles. The van der Waals surface area contributed by atoms with Crippen molar-refractivity contribution >= 4 is 32.6 Å². The van der Waals surface area contributed by atoms with Gasteiger partial charge in [-0.2, -0.15) is 0 Å². The molecule has 3 rings (SSSR count). The van der Waals surface area contributed by atoms with Gasteiger partial charge in [0.2, 0.25) is 5.91 Å². The maximum absolute atomic E-state index is 13.1. The number of hydrogen-bond donors (Lipinski definition) is 0. The van der Waals surface area contributed by atoms with Crippen LogP contribution >= 0.6 is 11.3 Å². The van der Waals surface area contributed by atoms with E-state index in [1.54, 1.807) is 16.2 Å². The van der Waals surface area contributed by atoms with Gasteiger partial charge in [0.1, 0.15) is 5.75 Å². The van der Waals surface area contributed by atoms with Crippen molar-refractivity contribution in [1.29, 1.82) is 0 Å². The third-order valence-electron chi connectivity index (χ3n) is 4.18. The molecule has 0 atom stereocenters. The van der Waals surface area contributed by atoms with Crippen LogP contribution in [0.4, 0.5) is 5.13 Å². The smallest absolute Gasteiger partial charge is 0.233 e. The van der Waals surface area contributed by atoms with E-state index in [4.69, 9.17) is 4.74 Å². The van der Waals surface area contributed by atoms with Gasteiger partial charge in [-0.1, -0.05) is 35.6 Å². The van der Waals surface area contributed by atoms with Gasteiger partial charge in [0.05, 0.1) is 23.2 Å². The van der Waals surface area contributed by atoms with Crippen LogP contribution in [0.1, 0.15) is 12.5 Å². The Kier molecular flexibility index (Phi) is 6.42. The molecule has 0 radical (unpaired) electrons. The fourth-order valence-electron chi connectivity index (χ4n) is 2.74. The van der Waals surface area contributed by atoms with E-state index in [1.165, 1.54) is 0 Å². The van der Waals surface area contributed by atoms with E-state index < -0.39 is 0 Å². The highest BCUT2D eigenvalue weighted by atomic mass is 32.1. The lowest BCUT2D eigenvalue weighted by Gasteiger charge is -2.22. The number of thiazole rings is 1. The van der Waals surface area contributed by atoms with E-state index >= 15 is 0 Å². The van der Waals surface area contributed by atoms with E-state index in [0.29, 0.717) is 19.6 Å². The Morgan fingerprint density at radius 3 is 2.48 bits per heavy atom. The van der Waals surface area contributed by atoms with Crippen molar-refractivity contribution in [3.63, 3.8) is 0 Å². The molecule has 0 unspecified atom stereocenters. The van der Waals surface area contributed by atoms with Gasteiger partial charge in [-0.3, -0.25) is 9.69 Å². The van der Waals surface area contributed by atoms with Crippen molar-refractivity contribution in [2.75, 3.05) is 38.7 Å². The first-order valence-corrected chi connectivity index (χ1v) is 9.91. The zero-order chi connectivity index (χ0) is 19.2. The first kappa shape index (κ1) is 19.3. The SMILES string of the molecule is CCOc1ccc(CC(=O)N(CCN(C)C)c2nc3ccccc3s2)cc1. The van der Waals surface area contributed by atoms with Gasteiger partial charge in [0.25, 0.3) is 0 Å². The summed E-state index contributed by atoms with van der Waals surface area (Å²) in [5, 5.41) is 0.758. The molecule has 0 aliphatic rings. The maximum Gasteiger partial charge on any atom is 0.233 e. The van der Waals surface area contributed by atoms with E-state index in [2.05, 4.69) is 9.88 Å². The number of amides is 1. The number of nitrogens with zero attached hydrogens (tertiary/aromatic N) is 3. The van der Waals surface area contributed by atoms with Gasteiger partial charge in [0, 0.05) is 13.1 Å². The second-order valence-corrected chi connectivity index (χ2v) is 7.58. The second kappa shape index (κ2) is 8.97. The predicted octanol–water partition coefficient (Wildman–Crippen LogP) is 3.83. The zero-order valence-electron chi connectivity index (χ0n) is 16.0. The molecular weight excluding hydrogens is 358 g/mol. The van der Waals surface area contributed by atoms with Crippen LogP contribution in [-0.4, -0.2) is 49.6 Å². The lowest BCUT2D eigenvalue weighted by Crippen LogP contribution is -2.37. The number of likely N-dealkylation sites (N-methyl/N-ethyl adjacent to an activating group) is 1. The molecule has 0 saturated heterocycles. The molecule has 1 amide bonds. The van der Waals surface area contributed by atoms with Crippen molar-refractivity contribution in [3.8, 4) is 5.75 Å². The average molecular weight is 384 g/mol. The number of carbonyl (C=O) groups is 1. The molecule has 27 heavy (non-hydrogen) atoms. The third-order valence-corrected chi connectivity index (χ3v) is 5.23. The normalized spacial score (nSPS) is 11.1. The molecule has 2 aromatic carbocycles. The van der Waals surface area contributed by atoms with E-state index in [9.17, 15) is 4.79 Å². The summed E-state index contributed by atoms with van der Waals surface area (Å²) >= 11 is 1.56. The Morgan fingerprint density at radius 2 is 1.81 bits per heavy atom. The van der Waals surface area contributed by atoms with Crippen LogP contribution in [-0.2, 0) is 11.2 Å². The number of rotatable bonds is 8. The lowest BCUT2D eigenvalue weighted by molar-refractivity contribution is -0.118. The number of carbonyl (C=O) groups excluding carboxylic acids is 1. The average Bonchev–Trinajstić information content (AvgIpc) is 3.07. The quantitative estimate of drug-likeness (QED) is 0.593. The summed E-state index contributed by atoms with van der Waals surface area (Å²) in [5.74, 6) is 0.879. The maximum atomic E-state index is 13.1. The second-order valence-electron chi connectivity index (χ2n) is 6.57.